The summed E-state index contributed by atoms with van der Waals surface area (Å²) in [6, 6.07) is 4.22. The molecule has 1 atom stereocenters. The van der Waals surface area contributed by atoms with Crippen LogP contribution < -0.4 is 10.1 Å². The first-order chi connectivity index (χ1) is 9.11. The Bertz CT molecular complexity index is 503. The number of ether oxygens (including phenoxy) is 1. The molecule has 1 aliphatic heterocycles. The van der Waals surface area contributed by atoms with Crippen LogP contribution in [0.3, 0.4) is 0 Å². The van der Waals surface area contributed by atoms with E-state index in [0.717, 1.165) is 17.7 Å². The molecule has 19 heavy (non-hydrogen) atoms. The highest BCUT2D eigenvalue weighted by Crippen LogP contribution is 2.28. The number of rotatable bonds is 5. The normalized spacial score (nSPS) is 14.4. The Morgan fingerprint density at radius 2 is 2.32 bits per heavy atom. The molecule has 5 nitrogen and oxygen atoms in total. The first kappa shape index (κ1) is 13.7. The minimum atomic E-state index is -1.06. The van der Waals surface area contributed by atoms with Gasteiger partial charge >= 0.3 is 5.97 Å². The van der Waals surface area contributed by atoms with Gasteiger partial charge in [0, 0.05) is 6.42 Å². The van der Waals surface area contributed by atoms with Gasteiger partial charge in [-0.3, -0.25) is 4.79 Å². The second-order valence-electron chi connectivity index (χ2n) is 4.24. The predicted octanol–water partition coefficient (Wildman–Crippen LogP) is 1.23. The number of benzene rings is 1. The van der Waals surface area contributed by atoms with Crippen molar-refractivity contribution in [2.75, 3.05) is 18.6 Å². The molecule has 0 aliphatic carbocycles. The Labute approximate surface area is 115 Å². The summed E-state index contributed by atoms with van der Waals surface area (Å²) >= 11 is 1.35. The van der Waals surface area contributed by atoms with Gasteiger partial charge in [-0.2, -0.15) is 11.8 Å². The molecule has 0 bridgehead atoms. The van der Waals surface area contributed by atoms with Gasteiger partial charge in [-0.15, -0.1) is 0 Å². The molecule has 1 aromatic carbocycles. The van der Waals surface area contributed by atoms with Gasteiger partial charge in [-0.1, -0.05) is 6.07 Å². The van der Waals surface area contributed by atoms with E-state index in [9.17, 15) is 14.7 Å². The van der Waals surface area contributed by atoms with Gasteiger partial charge in [-0.05, 0) is 29.5 Å². The fraction of sp³-hybridized carbons (Fsp3) is 0.385. The number of carbonyl (C=O) groups is 2. The van der Waals surface area contributed by atoms with E-state index < -0.39 is 12.0 Å². The van der Waals surface area contributed by atoms with E-state index in [0.29, 0.717) is 12.2 Å². The number of carbonyl (C=O) groups excluding carboxylic acids is 1. The first-order valence-corrected chi connectivity index (χ1v) is 7.28. The van der Waals surface area contributed by atoms with E-state index in [1.165, 1.54) is 11.8 Å². The molecule has 1 aliphatic rings. The van der Waals surface area contributed by atoms with Crippen molar-refractivity contribution >= 4 is 23.6 Å². The third-order valence-electron chi connectivity index (χ3n) is 2.87. The number of aliphatic carboxylic acids is 1. The summed E-state index contributed by atoms with van der Waals surface area (Å²) in [5, 5.41) is 11.8. The molecule has 0 aromatic heterocycles. The van der Waals surface area contributed by atoms with Crippen LogP contribution in [0.4, 0.5) is 0 Å². The number of thioether (sulfide) groups is 1. The molecule has 0 radical (unpaired) electrons. The molecule has 0 fully saturated rings. The average Bonchev–Trinajstić information content (AvgIpc) is 2.83. The third-order valence-corrected chi connectivity index (χ3v) is 3.43. The maximum atomic E-state index is 11.5. The van der Waals surface area contributed by atoms with Gasteiger partial charge in [0.2, 0.25) is 5.91 Å². The van der Waals surface area contributed by atoms with Crippen LogP contribution in [0.25, 0.3) is 0 Å². The second-order valence-corrected chi connectivity index (χ2v) is 5.10. The SMILES string of the molecule is CSCC(=O)NC(C(=O)O)c1ccc2c(c1)CCO2. The lowest BCUT2D eigenvalue weighted by Crippen LogP contribution is -2.34. The van der Waals surface area contributed by atoms with E-state index in [1.54, 1.807) is 24.5 Å². The smallest absolute Gasteiger partial charge is 0.330 e. The standard InChI is InChI=1S/C13H15NO4S/c1-19-7-11(15)14-12(13(16)17)9-2-3-10-8(6-9)4-5-18-10/h2-3,6,12H,4-5,7H2,1H3,(H,14,15)(H,16,17). The van der Waals surface area contributed by atoms with E-state index in [1.807, 2.05) is 0 Å². The summed E-state index contributed by atoms with van der Waals surface area (Å²) in [6.45, 7) is 0.620. The average molecular weight is 281 g/mol. The number of nitrogens with one attached hydrogen (secondary N) is 1. The quantitative estimate of drug-likeness (QED) is 0.849. The molecule has 6 heteroatoms. The van der Waals surface area contributed by atoms with Gasteiger partial charge in [0.15, 0.2) is 6.04 Å². The van der Waals surface area contributed by atoms with Crippen molar-refractivity contribution in [3.8, 4) is 5.75 Å². The van der Waals surface area contributed by atoms with Crippen molar-refractivity contribution in [1.29, 1.82) is 0 Å². The van der Waals surface area contributed by atoms with E-state index in [4.69, 9.17) is 4.74 Å². The minimum absolute atomic E-state index is 0.248. The zero-order valence-electron chi connectivity index (χ0n) is 10.5. The zero-order valence-corrected chi connectivity index (χ0v) is 11.3. The number of amides is 1. The van der Waals surface area contributed by atoms with Crippen LogP contribution >= 0.6 is 11.8 Å². The number of carboxylic acids is 1. The molecule has 1 aromatic rings. The fourth-order valence-electron chi connectivity index (χ4n) is 2.01. The molecule has 102 valence electrons. The van der Waals surface area contributed by atoms with Crippen molar-refractivity contribution in [3.63, 3.8) is 0 Å². The lowest BCUT2D eigenvalue weighted by molar-refractivity contribution is -0.141. The van der Waals surface area contributed by atoms with E-state index in [2.05, 4.69) is 5.32 Å². The Morgan fingerprint density at radius 3 is 3.00 bits per heavy atom. The number of hydrogen-bond donors (Lipinski definition) is 2. The zero-order chi connectivity index (χ0) is 13.8. The number of fused-ring (bicyclic) bond motifs is 1. The summed E-state index contributed by atoms with van der Waals surface area (Å²) in [5.74, 6) is -0.300. The highest BCUT2D eigenvalue weighted by atomic mass is 32.2. The Morgan fingerprint density at radius 1 is 1.53 bits per heavy atom. The topological polar surface area (TPSA) is 75.6 Å². The van der Waals surface area contributed by atoms with Crippen LogP contribution in [0.15, 0.2) is 18.2 Å². The number of hydrogen-bond acceptors (Lipinski definition) is 4. The Balaban J connectivity index is 2.19. The largest absolute Gasteiger partial charge is 0.493 e. The van der Waals surface area contributed by atoms with Crippen LogP contribution in [-0.4, -0.2) is 35.6 Å². The van der Waals surface area contributed by atoms with Crippen LogP contribution in [-0.2, 0) is 16.0 Å². The number of carboxylic acid groups (broad SMARTS) is 1. The lowest BCUT2D eigenvalue weighted by Gasteiger charge is -2.15. The lowest BCUT2D eigenvalue weighted by atomic mass is 10.0. The predicted molar refractivity (Wildman–Crippen MR) is 72.5 cm³/mol. The van der Waals surface area contributed by atoms with Crippen LogP contribution in [0, 0.1) is 0 Å². The fourth-order valence-corrected chi connectivity index (χ4v) is 2.35. The summed E-state index contributed by atoms with van der Waals surface area (Å²) < 4.78 is 5.38. The van der Waals surface area contributed by atoms with Gasteiger partial charge < -0.3 is 15.2 Å². The maximum absolute atomic E-state index is 11.5. The maximum Gasteiger partial charge on any atom is 0.330 e. The Hall–Kier alpha value is -1.69. The van der Waals surface area contributed by atoms with Crippen LogP contribution in [0.5, 0.6) is 5.75 Å². The van der Waals surface area contributed by atoms with Crippen molar-refractivity contribution in [3.05, 3.63) is 29.3 Å². The molecule has 0 saturated heterocycles. The molecule has 1 heterocycles. The van der Waals surface area contributed by atoms with Crippen molar-refractivity contribution in [2.45, 2.75) is 12.5 Å². The minimum Gasteiger partial charge on any atom is -0.493 e. The third kappa shape index (κ3) is 3.20. The van der Waals surface area contributed by atoms with Crippen molar-refractivity contribution in [2.24, 2.45) is 0 Å². The van der Waals surface area contributed by atoms with Crippen LogP contribution in [0.1, 0.15) is 17.2 Å². The summed E-state index contributed by atoms with van der Waals surface area (Å²) in [4.78, 5) is 22.8. The van der Waals surface area contributed by atoms with Gasteiger partial charge in [-0.25, -0.2) is 4.79 Å². The monoisotopic (exact) mass is 281 g/mol. The molecule has 0 saturated carbocycles. The Kier molecular flexibility index (Phi) is 4.31. The molecular formula is C13H15NO4S. The highest BCUT2D eigenvalue weighted by Gasteiger charge is 2.23. The summed E-state index contributed by atoms with van der Waals surface area (Å²) in [5.41, 5.74) is 1.56. The van der Waals surface area contributed by atoms with Gasteiger partial charge in [0.25, 0.3) is 0 Å². The molecule has 0 spiro atoms. The molecule has 1 unspecified atom stereocenters. The first-order valence-electron chi connectivity index (χ1n) is 5.88. The van der Waals surface area contributed by atoms with Crippen molar-refractivity contribution in [1.82, 2.24) is 5.32 Å². The molecule has 2 rings (SSSR count). The second kappa shape index (κ2) is 5.97. The summed E-state index contributed by atoms with van der Waals surface area (Å²) in [6.07, 6.45) is 2.57. The van der Waals surface area contributed by atoms with Gasteiger partial charge in [0.1, 0.15) is 5.75 Å². The van der Waals surface area contributed by atoms with Crippen LogP contribution in [0.2, 0.25) is 0 Å². The molecule has 2 N–H and O–H groups in total. The molecule has 1 amide bonds. The highest BCUT2D eigenvalue weighted by molar-refractivity contribution is 7.99. The van der Waals surface area contributed by atoms with Gasteiger partial charge in [0.05, 0.1) is 12.4 Å². The summed E-state index contributed by atoms with van der Waals surface area (Å²) in [7, 11) is 0. The van der Waals surface area contributed by atoms with E-state index >= 15 is 0 Å². The molecular weight excluding hydrogens is 266 g/mol. The van der Waals surface area contributed by atoms with Crippen molar-refractivity contribution < 1.29 is 19.4 Å². The van der Waals surface area contributed by atoms with E-state index in [-0.39, 0.29) is 11.7 Å².